The lowest BCUT2D eigenvalue weighted by molar-refractivity contribution is -0.111. The van der Waals surface area contributed by atoms with Gasteiger partial charge in [0.1, 0.15) is 5.69 Å². The van der Waals surface area contributed by atoms with Crippen molar-refractivity contribution in [2.45, 2.75) is 0 Å². The number of anilines is 3. The number of carbonyl (C=O) groups excluding carboxylic acids is 1. The van der Waals surface area contributed by atoms with Crippen LogP contribution in [-0.2, 0) is 4.79 Å². The summed E-state index contributed by atoms with van der Waals surface area (Å²) in [6, 6.07) is 9.81. The van der Waals surface area contributed by atoms with Gasteiger partial charge in [-0.05, 0) is 35.9 Å². The second kappa shape index (κ2) is 7.79. The molecule has 0 unspecified atom stereocenters. The summed E-state index contributed by atoms with van der Waals surface area (Å²) in [7, 11) is 6.98. The van der Waals surface area contributed by atoms with E-state index in [9.17, 15) is 13.6 Å². The summed E-state index contributed by atoms with van der Waals surface area (Å²) >= 11 is 0. The van der Waals surface area contributed by atoms with Crippen molar-refractivity contribution in [1.29, 1.82) is 0 Å². The van der Waals surface area contributed by atoms with E-state index in [4.69, 9.17) is 0 Å². The van der Waals surface area contributed by atoms with Crippen LogP contribution in [0.1, 0.15) is 5.56 Å². The SMILES string of the molecule is CN(C)c1ccc(/C=C/C(=O)Nc2cc(F)c(N(C)C)c(F)c2)cc1. The number of halogens is 2. The summed E-state index contributed by atoms with van der Waals surface area (Å²) in [5.41, 5.74) is 1.82. The maximum absolute atomic E-state index is 13.9. The molecule has 6 heteroatoms. The number of nitrogens with one attached hydrogen (secondary N) is 1. The van der Waals surface area contributed by atoms with Crippen molar-refractivity contribution in [3.05, 3.63) is 59.7 Å². The van der Waals surface area contributed by atoms with Crippen molar-refractivity contribution in [2.24, 2.45) is 0 Å². The van der Waals surface area contributed by atoms with E-state index in [2.05, 4.69) is 5.32 Å². The molecule has 1 N–H and O–H groups in total. The third-order valence-electron chi connectivity index (χ3n) is 3.57. The van der Waals surface area contributed by atoms with E-state index in [0.29, 0.717) is 0 Å². The molecule has 0 saturated carbocycles. The van der Waals surface area contributed by atoms with Gasteiger partial charge in [0.15, 0.2) is 11.6 Å². The van der Waals surface area contributed by atoms with E-state index >= 15 is 0 Å². The molecule has 0 saturated heterocycles. The van der Waals surface area contributed by atoms with E-state index in [0.717, 1.165) is 23.4 Å². The van der Waals surface area contributed by atoms with Gasteiger partial charge in [0, 0.05) is 45.6 Å². The average Bonchev–Trinajstić information content (AvgIpc) is 2.52. The summed E-state index contributed by atoms with van der Waals surface area (Å²) in [6.07, 6.45) is 2.95. The van der Waals surface area contributed by atoms with Crippen molar-refractivity contribution in [3.63, 3.8) is 0 Å². The largest absolute Gasteiger partial charge is 0.378 e. The van der Waals surface area contributed by atoms with Gasteiger partial charge in [-0.25, -0.2) is 8.78 Å². The van der Waals surface area contributed by atoms with Crippen LogP contribution in [0.5, 0.6) is 0 Å². The zero-order valence-electron chi connectivity index (χ0n) is 14.7. The van der Waals surface area contributed by atoms with Crippen molar-refractivity contribution in [2.75, 3.05) is 43.3 Å². The second-order valence-electron chi connectivity index (χ2n) is 5.99. The molecule has 2 aromatic rings. The van der Waals surface area contributed by atoms with Crippen LogP contribution < -0.4 is 15.1 Å². The molecule has 0 bridgehead atoms. The Kier molecular flexibility index (Phi) is 5.75. The molecule has 0 aliphatic heterocycles. The zero-order chi connectivity index (χ0) is 18.6. The van der Waals surface area contributed by atoms with Crippen LogP contribution in [0, 0.1) is 11.6 Å². The molecule has 1 amide bonds. The summed E-state index contributed by atoms with van der Waals surface area (Å²) in [5.74, 6) is -1.93. The molecule has 0 heterocycles. The molecule has 0 spiro atoms. The van der Waals surface area contributed by atoms with E-state index in [1.807, 2.05) is 43.3 Å². The molecule has 4 nitrogen and oxygen atoms in total. The summed E-state index contributed by atoms with van der Waals surface area (Å²) < 4.78 is 27.8. The monoisotopic (exact) mass is 345 g/mol. The van der Waals surface area contributed by atoms with Crippen LogP contribution in [0.15, 0.2) is 42.5 Å². The molecule has 132 valence electrons. The average molecular weight is 345 g/mol. The van der Waals surface area contributed by atoms with Crippen molar-refractivity contribution < 1.29 is 13.6 Å². The van der Waals surface area contributed by atoms with E-state index in [-0.39, 0.29) is 11.4 Å². The standard InChI is InChI=1S/C19H21F2N3O/c1-23(2)15-8-5-13(6-9-15)7-10-18(25)22-14-11-16(20)19(24(3)4)17(21)12-14/h5-12H,1-4H3,(H,22,25)/b10-7+. The van der Waals surface area contributed by atoms with Crippen LogP contribution in [0.25, 0.3) is 6.08 Å². The normalized spacial score (nSPS) is 10.8. The van der Waals surface area contributed by atoms with Crippen LogP contribution in [0.4, 0.5) is 25.8 Å². The quantitative estimate of drug-likeness (QED) is 0.839. The first kappa shape index (κ1) is 18.4. The van der Waals surface area contributed by atoms with Gasteiger partial charge in [-0.3, -0.25) is 4.79 Å². The Hall–Kier alpha value is -2.89. The lowest BCUT2D eigenvalue weighted by Gasteiger charge is -2.15. The predicted molar refractivity (Wildman–Crippen MR) is 99.1 cm³/mol. The molecule has 0 fully saturated rings. The first-order chi connectivity index (χ1) is 11.8. The van der Waals surface area contributed by atoms with E-state index < -0.39 is 17.5 Å². The van der Waals surface area contributed by atoms with Gasteiger partial charge in [0.2, 0.25) is 5.91 Å². The highest BCUT2D eigenvalue weighted by molar-refractivity contribution is 6.02. The van der Waals surface area contributed by atoms with Gasteiger partial charge >= 0.3 is 0 Å². The number of amides is 1. The number of hydrogen-bond donors (Lipinski definition) is 1. The Bertz CT molecular complexity index is 761. The van der Waals surface area contributed by atoms with Gasteiger partial charge in [-0.15, -0.1) is 0 Å². The third kappa shape index (κ3) is 4.79. The molecular weight excluding hydrogens is 324 g/mol. The number of carbonyl (C=O) groups is 1. The van der Waals surface area contributed by atoms with Gasteiger partial charge in [0.05, 0.1) is 0 Å². The van der Waals surface area contributed by atoms with Crippen molar-refractivity contribution in [3.8, 4) is 0 Å². The molecule has 0 radical (unpaired) electrons. The first-order valence-corrected chi connectivity index (χ1v) is 7.70. The summed E-state index contributed by atoms with van der Waals surface area (Å²) in [5, 5.41) is 2.46. The zero-order valence-corrected chi connectivity index (χ0v) is 14.7. The number of rotatable bonds is 5. The molecule has 0 aliphatic rings. The Morgan fingerprint density at radius 1 is 0.960 bits per heavy atom. The van der Waals surface area contributed by atoms with E-state index in [1.165, 1.54) is 11.0 Å². The van der Waals surface area contributed by atoms with Gasteiger partial charge in [-0.2, -0.15) is 0 Å². The molecule has 0 aromatic heterocycles. The van der Waals surface area contributed by atoms with Gasteiger partial charge < -0.3 is 15.1 Å². The number of benzene rings is 2. The minimum absolute atomic E-state index is 0.0678. The van der Waals surface area contributed by atoms with Crippen LogP contribution in [0.3, 0.4) is 0 Å². The predicted octanol–water partition coefficient (Wildman–Crippen LogP) is 3.75. The Balaban J connectivity index is 2.07. The lowest BCUT2D eigenvalue weighted by Crippen LogP contribution is -2.14. The van der Waals surface area contributed by atoms with Crippen LogP contribution >= 0.6 is 0 Å². The molecule has 0 atom stereocenters. The van der Waals surface area contributed by atoms with Crippen molar-refractivity contribution in [1.82, 2.24) is 0 Å². The molecule has 0 aliphatic carbocycles. The van der Waals surface area contributed by atoms with Crippen LogP contribution in [-0.4, -0.2) is 34.1 Å². The van der Waals surface area contributed by atoms with Crippen LogP contribution in [0.2, 0.25) is 0 Å². The van der Waals surface area contributed by atoms with Gasteiger partial charge in [-0.1, -0.05) is 12.1 Å². The van der Waals surface area contributed by atoms with Gasteiger partial charge in [0.25, 0.3) is 0 Å². The highest BCUT2D eigenvalue weighted by Crippen LogP contribution is 2.25. The topological polar surface area (TPSA) is 35.6 Å². The Morgan fingerprint density at radius 3 is 2.00 bits per heavy atom. The number of nitrogens with zero attached hydrogens (tertiary/aromatic N) is 2. The number of hydrogen-bond acceptors (Lipinski definition) is 3. The molecular formula is C19H21F2N3O. The second-order valence-corrected chi connectivity index (χ2v) is 5.99. The summed E-state index contributed by atoms with van der Waals surface area (Å²) in [4.78, 5) is 15.3. The fourth-order valence-electron chi connectivity index (χ4n) is 2.30. The molecule has 25 heavy (non-hydrogen) atoms. The fraction of sp³-hybridized carbons (Fsp3) is 0.211. The highest BCUT2D eigenvalue weighted by atomic mass is 19.1. The first-order valence-electron chi connectivity index (χ1n) is 7.70. The lowest BCUT2D eigenvalue weighted by atomic mass is 10.2. The maximum Gasteiger partial charge on any atom is 0.248 e. The smallest absolute Gasteiger partial charge is 0.248 e. The third-order valence-corrected chi connectivity index (χ3v) is 3.57. The molecule has 2 aromatic carbocycles. The highest BCUT2D eigenvalue weighted by Gasteiger charge is 2.13. The van der Waals surface area contributed by atoms with E-state index in [1.54, 1.807) is 20.2 Å². The Morgan fingerprint density at radius 2 is 1.52 bits per heavy atom. The minimum Gasteiger partial charge on any atom is -0.378 e. The molecule has 2 rings (SSSR count). The Labute approximate surface area is 146 Å². The maximum atomic E-state index is 13.9. The van der Waals surface area contributed by atoms with Crippen molar-refractivity contribution >= 4 is 29.0 Å². The minimum atomic E-state index is -0.733. The fourth-order valence-corrected chi connectivity index (χ4v) is 2.30. The summed E-state index contributed by atoms with van der Waals surface area (Å²) in [6.45, 7) is 0.